The van der Waals surface area contributed by atoms with Crippen LogP contribution in [0.1, 0.15) is 37.8 Å². The summed E-state index contributed by atoms with van der Waals surface area (Å²) in [4.78, 5) is 4.22. The molecule has 2 unspecified atom stereocenters. The highest BCUT2D eigenvalue weighted by Gasteiger charge is 2.37. The van der Waals surface area contributed by atoms with Gasteiger partial charge >= 0.3 is 0 Å². The first-order valence-corrected chi connectivity index (χ1v) is 7.38. The van der Waals surface area contributed by atoms with E-state index in [-0.39, 0.29) is 11.6 Å². The quantitative estimate of drug-likeness (QED) is 0.927. The highest BCUT2D eigenvalue weighted by molar-refractivity contribution is 5.85. The SMILES string of the molecule is CNC(c1cccc2cnccc12)C1(C)CCCCO1. The number of pyridine rings is 1. The number of rotatable bonds is 3. The molecule has 3 rings (SSSR count). The number of benzene rings is 1. The molecule has 106 valence electrons. The third-order valence-electron chi connectivity index (χ3n) is 4.42. The van der Waals surface area contributed by atoms with Crippen LogP contribution in [-0.2, 0) is 4.74 Å². The lowest BCUT2D eigenvalue weighted by Gasteiger charge is -2.41. The predicted octanol–water partition coefficient (Wildman–Crippen LogP) is 3.45. The minimum atomic E-state index is -0.134. The number of aromatic nitrogens is 1. The Kier molecular flexibility index (Phi) is 3.72. The van der Waals surface area contributed by atoms with Gasteiger partial charge in [0.2, 0.25) is 0 Å². The predicted molar refractivity (Wildman–Crippen MR) is 81.8 cm³/mol. The van der Waals surface area contributed by atoms with Crippen LogP contribution in [0.5, 0.6) is 0 Å². The van der Waals surface area contributed by atoms with E-state index >= 15 is 0 Å². The Morgan fingerprint density at radius 3 is 2.95 bits per heavy atom. The fourth-order valence-corrected chi connectivity index (χ4v) is 3.37. The second-order valence-corrected chi connectivity index (χ2v) is 5.78. The molecule has 0 bridgehead atoms. The van der Waals surface area contributed by atoms with Crippen LogP contribution >= 0.6 is 0 Å². The van der Waals surface area contributed by atoms with Crippen LogP contribution < -0.4 is 5.32 Å². The molecule has 0 saturated carbocycles. The molecule has 0 amide bonds. The molecule has 1 N–H and O–H groups in total. The smallest absolute Gasteiger partial charge is 0.0848 e. The van der Waals surface area contributed by atoms with Crippen LogP contribution in [0, 0.1) is 0 Å². The zero-order valence-corrected chi connectivity index (χ0v) is 12.2. The Morgan fingerprint density at radius 2 is 2.20 bits per heavy atom. The molecular weight excluding hydrogens is 248 g/mol. The lowest BCUT2D eigenvalue weighted by molar-refractivity contribution is -0.0881. The second kappa shape index (κ2) is 5.51. The highest BCUT2D eigenvalue weighted by atomic mass is 16.5. The van der Waals surface area contributed by atoms with Crippen molar-refractivity contribution in [3.63, 3.8) is 0 Å². The Morgan fingerprint density at radius 1 is 1.30 bits per heavy atom. The van der Waals surface area contributed by atoms with E-state index in [1.807, 2.05) is 19.4 Å². The minimum absolute atomic E-state index is 0.134. The Bertz CT molecular complexity index is 585. The summed E-state index contributed by atoms with van der Waals surface area (Å²) in [5.74, 6) is 0. The Labute approximate surface area is 120 Å². The molecule has 0 radical (unpaired) electrons. The standard InChI is InChI=1S/C17H22N2O/c1-17(9-3-4-11-20-17)16(18-2)15-7-5-6-13-12-19-10-8-14(13)15/h5-8,10,12,16,18H,3-4,9,11H2,1-2H3. The average Bonchev–Trinajstić information content (AvgIpc) is 2.49. The molecule has 2 atom stereocenters. The molecule has 0 aliphatic carbocycles. The highest BCUT2D eigenvalue weighted by Crippen LogP contribution is 2.38. The molecule has 1 aromatic carbocycles. The zero-order valence-electron chi connectivity index (χ0n) is 12.2. The fourth-order valence-electron chi connectivity index (χ4n) is 3.37. The van der Waals surface area contributed by atoms with Crippen molar-refractivity contribution >= 4 is 10.8 Å². The maximum absolute atomic E-state index is 6.14. The first-order chi connectivity index (χ1) is 9.74. The summed E-state index contributed by atoms with van der Waals surface area (Å²) in [7, 11) is 2.02. The van der Waals surface area contributed by atoms with Gasteiger partial charge in [0.05, 0.1) is 11.6 Å². The molecule has 1 aliphatic rings. The van der Waals surface area contributed by atoms with Gasteiger partial charge in [-0.25, -0.2) is 0 Å². The molecule has 0 spiro atoms. The summed E-state index contributed by atoms with van der Waals surface area (Å²) in [6, 6.07) is 8.72. The van der Waals surface area contributed by atoms with Crippen LogP contribution in [0.2, 0.25) is 0 Å². The number of nitrogens with one attached hydrogen (secondary N) is 1. The van der Waals surface area contributed by atoms with E-state index in [0.29, 0.717) is 0 Å². The molecule has 1 fully saturated rings. The van der Waals surface area contributed by atoms with Crippen LogP contribution in [0.3, 0.4) is 0 Å². The van der Waals surface area contributed by atoms with Crippen molar-refractivity contribution in [2.24, 2.45) is 0 Å². The third kappa shape index (κ3) is 2.32. The summed E-state index contributed by atoms with van der Waals surface area (Å²) >= 11 is 0. The van der Waals surface area contributed by atoms with E-state index in [1.54, 1.807) is 0 Å². The summed E-state index contributed by atoms with van der Waals surface area (Å²) in [5.41, 5.74) is 1.17. The van der Waals surface area contributed by atoms with Gasteiger partial charge in [-0.3, -0.25) is 4.98 Å². The number of nitrogens with zero attached hydrogens (tertiary/aromatic N) is 1. The molecule has 1 aliphatic heterocycles. The van der Waals surface area contributed by atoms with Crippen molar-refractivity contribution in [3.05, 3.63) is 42.2 Å². The third-order valence-corrected chi connectivity index (χ3v) is 4.42. The first kappa shape index (κ1) is 13.5. The zero-order chi connectivity index (χ0) is 14.0. The van der Waals surface area contributed by atoms with Gasteiger partial charge in [-0.1, -0.05) is 18.2 Å². The van der Waals surface area contributed by atoms with Crippen molar-refractivity contribution in [3.8, 4) is 0 Å². The average molecular weight is 270 g/mol. The van der Waals surface area contributed by atoms with Gasteiger partial charge in [0.25, 0.3) is 0 Å². The van der Waals surface area contributed by atoms with Gasteiger partial charge < -0.3 is 10.1 Å². The molecule has 3 nitrogen and oxygen atoms in total. The van der Waals surface area contributed by atoms with E-state index in [4.69, 9.17) is 4.74 Å². The molecule has 2 heterocycles. The molecule has 20 heavy (non-hydrogen) atoms. The van der Waals surface area contributed by atoms with E-state index in [2.05, 4.69) is 41.5 Å². The summed E-state index contributed by atoms with van der Waals surface area (Å²) in [6.07, 6.45) is 7.30. The molecule has 1 aromatic heterocycles. The van der Waals surface area contributed by atoms with Crippen molar-refractivity contribution in [2.45, 2.75) is 37.8 Å². The largest absolute Gasteiger partial charge is 0.373 e. The number of hydrogen-bond donors (Lipinski definition) is 1. The van der Waals surface area contributed by atoms with E-state index in [9.17, 15) is 0 Å². The topological polar surface area (TPSA) is 34.2 Å². The molecule has 1 saturated heterocycles. The summed E-state index contributed by atoms with van der Waals surface area (Å²) in [5, 5.41) is 5.92. The molecular formula is C17H22N2O. The van der Waals surface area contributed by atoms with Crippen LogP contribution in [0.15, 0.2) is 36.7 Å². The minimum Gasteiger partial charge on any atom is -0.373 e. The van der Waals surface area contributed by atoms with Crippen molar-refractivity contribution in [1.82, 2.24) is 10.3 Å². The number of likely N-dealkylation sites (N-methyl/N-ethyl adjacent to an activating group) is 1. The van der Waals surface area contributed by atoms with Crippen LogP contribution in [-0.4, -0.2) is 24.2 Å². The maximum Gasteiger partial charge on any atom is 0.0848 e. The van der Waals surface area contributed by atoms with Gasteiger partial charge in [0, 0.05) is 24.4 Å². The van der Waals surface area contributed by atoms with E-state index < -0.39 is 0 Å². The van der Waals surface area contributed by atoms with Crippen LogP contribution in [0.4, 0.5) is 0 Å². The van der Waals surface area contributed by atoms with Gasteiger partial charge in [-0.2, -0.15) is 0 Å². The van der Waals surface area contributed by atoms with Gasteiger partial charge in [0.1, 0.15) is 0 Å². The van der Waals surface area contributed by atoms with Crippen LogP contribution in [0.25, 0.3) is 10.8 Å². The normalized spacial score (nSPS) is 24.7. The number of ether oxygens (including phenoxy) is 1. The maximum atomic E-state index is 6.14. The van der Waals surface area contributed by atoms with Crippen molar-refractivity contribution in [1.29, 1.82) is 0 Å². The summed E-state index contributed by atoms with van der Waals surface area (Å²) < 4.78 is 6.14. The summed E-state index contributed by atoms with van der Waals surface area (Å²) in [6.45, 7) is 3.09. The Balaban J connectivity index is 2.07. The lowest BCUT2D eigenvalue weighted by Crippen LogP contribution is -2.44. The van der Waals surface area contributed by atoms with Gasteiger partial charge in [-0.05, 0) is 50.2 Å². The van der Waals surface area contributed by atoms with Crippen molar-refractivity contribution < 1.29 is 4.74 Å². The van der Waals surface area contributed by atoms with E-state index in [1.165, 1.54) is 29.2 Å². The van der Waals surface area contributed by atoms with Gasteiger partial charge in [0.15, 0.2) is 0 Å². The van der Waals surface area contributed by atoms with E-state index in [0.717, 1.165) is 13.0 Å². The first-order valence-electron chi connectivity index (χ1n) is 7.38. The number of hydrogen-bond acceptors (Lipinski definition) is 3. The number of fused-ring (bicyclic) bond motifs is 1. The lowest BCUT2D eigenvalue weighted by atomic mass is 9.82. The second-order valence-electron chi connectivity index (χ2n) is 5.78. The van der Waals surface area contributed by atoms with Gasteiger partial charge in [-0.15, -0.1) is 0 Å². The van der Waals surface area contributed by atoms with Crippen molar-refractivity contribution in [2.75, 3.05) is 13.7 Å². The fraction of sp³-hybridized carbons (Fsp3) is 0.471. The molecule has 2 aromatic rings. The monoisotopic (exact) mass is 270 g/mol. The molecule has 3 heteroatoms. The Hall–Kier alpha value is -1.45.